The zero-order valence-electron chi connectivity index (χ0n) is 5.05. The van der Waals surface area contributed by atoms with E-state index in [2.05, 4.69) is 11.9 Å². The van der Waals surface area contributed by atoms with Crippen LogP contribution >= 0.6 is 12.2 Å². The molecule has 1 aliphatic rings. The number of carbonyl (C=O) groups is 1. The fourth-order valence-corrected chi connectivity index (χ4v) is 0.794. The van der Waals surface area contributed by atoms with Crippen LogP contribution in [0.5, 0.6) is 0 Å². The van der Waals surface area contributed by atoms with Crippen LogP contribution in [0.25, 0.3) is 0 Å². The molecule has 0 atom stereocenters. The van der Waals surface area contributed by atoms with E-state index in [9.17, 15) is 4.79 Å². The molecule has 1 aliphatic heterocycles. The fraction of sp³-hybridized carbons (Fsp3) is 0. The highest BCUT2D eigenvalue weighted by Gasteiger charge is 2.19. The van der Waals surface area contributed by atoms with E-state index >= 15 is 0 Å². The number of hydrogen-bond acceptors (Lipinski definition) is 2. The molecule has 4 heteroatoms. The maximum atomic E-state index is 10.3. The summed E-state index contributed by atoms with van der Waals surface area (Å²) in [6, 6.07) is 0. The zero-order valence-corrected chi connectivity index (χ0v) is 5.86. The molecule has 0 spiro atoms. The van der Waals surface area contributed by atoms with Gasteiger partial charge in [0.2, 0.25) is 0 Å². The Morgan fingerprint density at radius 1 is 1.80 bits per heavy atom. The number of nitrogens with one attached hydrogen (secondary N) is 1. The molecule has 0 saturated carbocycles. The Kier molecular flexibility index (Phi) is 1.55. The van der Waals surface area contributed by atoms with Crippen molar-refractivity contribution in [3.05, 3.63) is 23.9 Å². The zero-order chi connectivity index (χ0) is 7.72. The van der Waals surface area contributed by atoms with Crippen LogP contribution in [0.15, 0.2) is 23.9 Å². The summed E-state index contributed by atoms with van der Waals surface area (Å²) in [6.45, 7) is 3.49. The molecule has 1 rings (SSSR count). The first-order chi connectivity index (χ1) is 4.63. The average Bonchev–Trinajstić information content (AvgIpc) is 2.14. The highest BCUT2D eigenvalue weighted by atomic mass is 32.1. The third-order valence-corrected chi connectivity index (χ3v) is 1.54. The van der Waals surface area contributed by atoms with E-state index < -0.39 is 5.97 Å². The van der Waals surface area contributed by atoms with E-state index in [1.54, 1.807) is 0 Å². The van der Waals surface area contributed by atoms with Gasteiger partial charge >= 0.3 is 5.97 Å². The van der Waals surface area contributed by atoms with Crippen molar-refractivity contribution in [1.82, 2.24) is 5.32 Å². The van der Waals surface area contributed by atoms with Crippen molar-refractivity contribution in [2.45, 2.75) is 0 Å². The van der Waals surface area contributed by atoms with Crippen LogP contribution in [-0.2, 0) is 4.79 Å². The molecule has 2 N–H and O–H groups in total. The molecule has 52 valence electrons. The van der Waals surface area contributed by atoms with Gasteiger partial charge in [0, 0.05) is 11.8 Å². The van der Waals surface area contributed by atoms with Gasteiger partial charge < -0.3 is 10.4 Å². The van der Waals surface area contributed by atoms with E-state index in [4.69, 9.17) is 17.3 Å². The lowest BCUT2D eigenvalue weighted by Gasteiger charge is -1.93. The van der Waals surface area contributed by atoms with E-state index in [0.717, 1.165) is 0 Å². The van der Waals surface area contributed by atoms with Crippen LogP contribution < -0.4 is 5.32 Å². The van der Waals surface area contributed by atoms with Gasteiger partial charge in [0.15, 0.2) is 0 Å². The van der Waals surface area contributed by atoms with Crippen LogP contribution in [0.1, 0.15) is 0 Å². The minimum atomic E-state index is -1.00. The second-order valence-corrected chi connectivity index (χ2v) is 2.22. The van der Waals surface area contributed by atoms with Gasteiger partial charge in [0.25, 0.3) is 0 Å². The minimum absolute atomic E-state index is 0.144. The van der Waals surface area contributed by atoms with Gasteiger partial charge in [-0.25, -0.2) is 4.79 Å². The van der Waals surface area contributed by atoms with Gasteiger partial charge in [-0.05, 0) is 0 Å². The lowest BCUT2D eigenvalue weighted by Crippen LogP contribution is -2.09. The van der Waals surface area contributed by atoms with Gasteiger partial charge in [-0.15, -0.1) is 0 Å². The van der Waals surface area contributed by atoms with Crippen molar-refractivity contribution < 1.29 is 9.90 Å². The van der Waals surface area contributed by atoms with E-state index in [1.807, 2.05) is 0 Å². The van der Waals surface area contributed by atoms with Crippen LogP contribution in [0.2, 0.25) is 0 Å². The normalized spacial score (nSPS) is 16.6. The Labute approximate surface area is 63.0 Å². The van der Waals surface area contributed by atoms with E-state index in [0.29, 0.717) is 10.6 Å². The Morgan fingerprint density at radius 3 is 2.60 bits per heavy atom. The predicted octanol–water partition coefficient (Wildman–Crippen LogP) is 0.442. The van der Waals surface area contributed by atoms with Gasteiger partial charge in [0.05, 0.1) is 5.57 Å². The van der Waals surface area contributed by atoms with Crippen molar-refractivity contribution in [1.29, 1.82) is 0 Å². The SMILES string of the molecule is C=C1C(=S)NC=C1C(=O)O. The van der Waals surface area contributed by atoms with Crippen molar-refractivity contribution in [2.24, 2.45) is 0 Å². The van der Waals surface area contributed by atoms with Gasteiger partial charge in [-0.3, -0.25) is 0 Å². The molecule has 3 nitrogen and oxygen atoms in total. The fourth-order valence-electron chi connectivity index (χ4n) is 0.625. The number of thiocarbonyl (C=S) groups is 1. The Balaban J connectivity index is 2.92. The summed E-state index contributed by atoms with van der Waals surface area (Å²) in [4.78, 5) is 10.7. The van der Waals surface area contributed by atoms with Crippen molar-refractivity contribution in [3.8, 4) is 0 Å². The van der Waals surface area contributed by atoms with Crippen LogP contribution in [0.3, 0.4) is 0 Å². The highest BCUT2D eigenvalue weighted by molar-refractivity contribution is 7.80. The van der Waals surface area contributed by atoms with Crippen molar-refractivity contribution in [2.75, 3.05) is 0 Å². The first-order valence-electron chi connectivity index (χ1n) is 2.56. The van der Waals surface area contributed by atoms with E-state index in [-0.39, 0.29) is 5.57 Å². The summed E-state index contributed by atoms with van der Waals surface area (Å²) in [6.07, 6.45) is 1.34. The average molecular weight is 155 g/mol. The molecule has 0 saturated heterocycles. The first kappa shape index (κ1) is 6.95. The molecule has 0 aromatic carbocycles. The first-order valence-corrected chi connectivity index (χ1v) is 2.97. The minimum Gasteiger partial charge on any atom is -0.478 e. The maximum absolute atomic E-state index is 10.3. The standard InChI is InChI=1S/C6H5NO2S/c1-3-4(6(8)9)2-7-5(3)10/h2H,1H2,(H,7,10)(H,8,9). The molecule has 10 heavy (non-hydrogen) atoms. The van der Waals surface area contributed by atoms with Gasteiger partial charge in [0.1, 0.15) is 4.99 Å². The van der Waals surface area contributed by atoms with Gasteiger partial charge in [-0.2, -0.15) is 0 Å². The molecule has 0 fully saturated rings. The smallest absolute Gasteiger partial charge is 0.337 e. The third kappa shape index (κ3) is 0.930. The third-order valence-electron chi connectivity index (χ3n) is 1.18. The van der Waals surface area contributed by atoms with Crippen molar-refractivity contribution >= 4 is 23.2 Å². The quantitative estimate of drug-likeness (QED) is 0.426. The van der Waals surface area contributed by atoms with E-state index in [1.165, 1.54) is 6.20 Å². The molecule has 0 aliphatic carbocycles. The summed E-state index contributed by atoms with van der Waals surface area (Å²) in [5, 5.41) is 11.1. The molecule has 1 heterocycles. The molecule has 0 aromatic heterocycles. The molecule has 0 radical (unpaired) electrons. The Bertz CT molecular complexity index is 254. The molecule has 0 unspecified atom stereocenters. The summed E-state index contributed by atoms with van der Waals surface area (Å²) >= 11 is 4.71. The molecular weight excluding hydrogens is 150 g/mol. The lowest BCUT2D eigenvalue weighted by atomic mass is 10.2. The predicted molar refractivity (Wildman–Crippen MR) is 40.6 cm³/mol. The largest absolute Gasteiger partial charge is 0.478 e. The second kappa shape index (κ2) is 2.22. The highest BCUT2D eigenvalue weighted by Crippen LogP contribution is 2.13. The lowest BCUT2D eigenvalue weighted by molar-refractivity contribution is -0.132. The number of carboxylic acids is 1. The van der Waals surface area contributed by atoms with Crippen LogP contribution in [0.4, 0.5) is 0 Å². The Hall–Kier alpha value is -1.16. The molecular formula is C6H5NO2S. The summed E-state index contributed by atoms with van der Waals surface area (Å²) in [7, 11) is 0. The van der Waals surface area contributed by atoms with Crippen molar-refractivity contribution in [3.63, 3.8) is 0 Å². The van der Waals surface area contributed by atoms with Crippen LogP contribution in [0, 0.1) is 0 Å². The summed E-state index contributed by atoms with van der Waals surface area (Å²) < 4.78 is 0. The summed E-state index contributed by atoms with van der Waals surface area (Å²) in [5.41, 5.74) is 0.521. The summed E-state index contributed by atoms with van der Waals surface area (Å²) in [5.74, 6) is -1.00. The number of carboxylic acid groups (broad SMARTS) is 1. The number of rotatable bonds is 1. The molecule has 0 bridgehead atoms. The Morgan fingerprint density at radius 2 is 2.40 bits per heavy atom. The number of hydrogen-bond donors (Lipinski definition) is 2. The molecule has 0 amide bonds. The topological polar surface area (TPSA) is 49.3 Å². The van der Waals surface area contributed by atoms with Crippen LogP contribution in [-0.4, -0.2) is 16.1 Å². The van der Waals surface area contributed by atoms with Gasteiger partial charge in [-0.1, -0.05) is 18.8 Å². The number of aliphatic carboxylic acids is 1. The molecule has 0 aromatic rings. The monoisotopic (exact) mass is 155 g/mol. The second-order valence-electron chi connectivity index (χ2n) is 1.82. The maximum Gasteiger partial charge on any atom is 0.337 e.